The Morgan fingerprint density at radius 1 is 1.00 bits per heavy atom. The summed E-state index contributed by atoms with van der Waals surface area (Å²) < 4.78 is 52.9. The van der Waals surface area contributed by atoms with E-state index in [0.717, 1.165) is 6.07 Å². The van der Waals surface area contributed by atoms with Gasteiger partial charge in [0.2, 0.25) is 0 Å². The molecule has 2 N–H and O–H groups in total. The predicted octanol–water partition coefficient (Wildman–Crippen LogP) is 5.41. The number of thiol groups is 1. The van der Waals surface area contributed by atoms with Crippen LogP contribution in [0.5, 0.6) is 0 Å². The molecule has 0 aliphatic carbocycles. The maximum atomic E-state index is 14.5. The van der Waals surface area contributed by atoms with E-state index in [9.17, 15) is 27.4 Å². The number of benzene rings is 3. The van der Waals surface area contributed by atoms with Gasteiger partial charge in [-0.25, -0.2) is 22.2 Å². The zero-order chi connectivity index (χ0) is 27.1. The molecule has 1 aromatic heterocycles. The van der Waals surface area contributed by atoms with Crippen molar-refractivity contribution in [1.82, 2.24) is 9.55 Å². The maximum absolute atomic E-state index is 14.5. The summed E-state index contributed by atoms with van der Waals surface area (Å²) in [6.45, 7) is 2.42. The number of halogens is 4. The molecule has 194 valence electrons. The van der Waals surface area contributed by atoms with E-state index >= 15 is 0 Å². The van der Waals surface area contributed by atoms with Gasteiger partial charge in [0, 0.05) is 23.2 Å². The molecule has 1 heterocycles. The van der Waals surface area contributed by atoms with Crippen molar-refractivity contribution in [3.63, 3.8) is 0 Å². The normalized spacial score (nSPS) is 11.9. The molecular formula is C26H22Cl2F2N2O4S. The van der Waals surface area contributed by atoms with Crippen LogP contribution in [0.3, 0.4) is 0 Å². The summed E-state index contributed by atoms with van der Waals surface area (Å²) in [7, 11) is -3.14. The molecule has 6 nitrogen and oxygen atoms in total. The van der Waals surface area contributed by atoms with Crippen molar-refractivity contribution in [3.8, 4) is 16.8 Å². The minimum atomic E-state index is -3.14. The number of rotatable bonds is 7. The summed E-state index contributed by atoms with van der Waals surface area (Å²) in [5.74, 6) is -0.845. The van der Waals surface area contributed by atoms with Gasteiger partial charge in [0.15, 0.2) is 10.7 Å². The van der Waals surface area contributed by atoms with Gasteiger partial charge in [-0.05, 0) is 66.9 Å². The fourth-order valence-corrected chi connectivity index (χ4v) is 5.02. The van der Waals surface area contributed by atoms with Gasteiger partial charge >= 0.3 is 0 Å². The smallest absolute Gasteiger partial charge is 0.168 e. The summed E-state index contributed by atoms with van der Waals surface area (Å²) in [5, 5.41) is 20.4. The second-order valence-electron chi connectivity index (χ2n) is 8.92. The van der Waals surface area contributed by atoms with Crippen molar-refractivity contribution in [2.24, 2.45) is 0 Å². The van der Waals surface area contributed by atoms with Gasteiger partial charge in [-0.3, -0.25) is 0 Å². The highest BCUT2D eigenvalue weighted by Gasteiger charge is 2.24. The van der Waals surface area contributed by atoms with E-state index in [1.165, 1.54) is 18.2 Å². The van der Waals surface area contributed by atoms with Gasteiger partial charge in [0.05, 0.1) is 27.9 Å². The van der Waals surface area contributed by atoms with Crippen LogP contribution < -0.4 is 0 Å². The molecule has 4 aromatic rings. The number of aliphatic hydroxyl groups is 2. The molecule has 3 aromatic carbocycles. The Balaban J connectivity index is 1.81. The number of imidazole rings is 1. The molecule has 0 fully saturated rings. The second kappa shape index (κ2) is 10.5. The molecule has 4 rings (SSSR count). The molecule has 0 radical (unpaired) electrons. The third-order valence-corrected chi connectivity index (χ3v) is 7.28. The number of nitrogens with zero attached hydrogens (tertiary/aromatic N) is 2. The fraction of sp³-hybridized carbons (Fsp3) is 0.192. The number of hydrogen-bond acceptors (Lipinski definition) is 5. The van der Waals surface area contributed by atoms with Gasteiger partial charge in [-0.2, -0.15) is 0 Å². The van der Waals surface area contributed by atoms with Crippen molar-refractivity contribution in [1.29, 1.82) is 0 Å². The van der Waals surface area contributed by atoms with Crippen molar-refractivity contribution in [2.75, 3.05) is 0 Å². The van der Waals surface area contributed by atoms with Crippen molar-refractivity contribution >= 4 is 33.9 Å². The first-order valence-corrected chi connectivity index (χ1v) is 13.0. The largest absolute Gasteiger partial charge is 0.392 e. The minimum absolute atomic E-state index is 0.209. The van der Waals surface area contributed by atoms with Gasteiger partial charge in [-0.1, -0.05) is 35.3 Å². The van der Waals surface area contributed by atoms with E-state index in [2.05, 4.69) is 4.98 Å². The Morgan fingerprint density at radius 3 is 2.32 bits per heavy atom. The molecule has 0 saturated carbocycles. The first-order chi connectivity index (χ1) is 17.4. The maximum Gasteiger partial charge on any atom is 0.168 e. The molecule has 0 spiro atoms. The number of hydrogen-bond donors (Lipinski definition) is 3. The number of aromatic nitrogens is 2. The summed E-state index contributed by atoms with van der Waals surface area (Å²) in [6.07, 6.45) is 1.84. The first-order valence-electron chi connectivity index (χ1n) is 11.0. The summed E-state index contributed by atoms with van der Waals surface area (Å²) in [6, 6.07) is 11.3. The van der Waals surface area contributed by atoms with E-state index < -0.39 is 34.5 Å². The van der Waals surface area contributed by atoms with Crippen LogP contribution in [0.4, 0.5) is 8.78 Å². The monoisotopic (exact) mass is 566 g/mol. The Kier molecular flexibility index (Phi) is 7.73. The summed E-state index contributed by atoms with van der Waals surface area (Å²) in [5.41, 5.74) is 0.611. The molecule has 11 heteroatoms. The molecule has 0 amide bonds. The molecular weight excluding hydrogens is 545 g/mol. The van der Waals surface area contributed by atoms with Gasteiger partial charge in [0.1, 0.15) is 23.1 Å². The molecule has 37 heavy (non-hydrogen) atoms. The molecule has 0 bridgehead atoms. The highest BCUT2D eigenvalue weighted by atomic mass is 35.5. The Labute approximate surface area is 223 Å². The average Bonchev–Trinajstić information content (AvgIpc) is 3.24. The van der Waals surface area contributed by atoms with E-state index in [0.29, 0.717) is 28.3 Å². The van der Waals surface area contributed by atoms with Gasteiger partial charge in [0.25, 0.3) is 0 Å². The van der Waals surface area contributed by atoms with E-state index in [1.54, 1.807) is 48.9 Å². The first kappa shape index (κ1) is 27.2. The lowest BCUT2D eigenvalue weighted by molar-refractivity contribution is 0.0741. The van der Waals surface area contributed by atoms with E-state index in [4.69, 9.17) is 23.2 Å². The zero-order valence-electron chi connectivity index (χ0n) is 19.7. The molecule has 0 unspecified atom stereocenters. The van der Waals surface area contributed by atoms with E-state index in [-0.39, 0.29) is 32.5 Å². The second-order valence-corrected chi connectivity index (χ2v) is 10.7. The van der Waals surface area contributed by atoms with Crippen molar-refractivity contribution in [3.05, 3.63) is 99.1 Å². The molecule has 0 aliphatic heterocycles. The molecule has 0 saturated heterocycles. The standard InChI is InChI=1S/C26H22Cl2F2N2O4S/c1-26(2,34)24-12-32(25(31-24)10-15-3-5-17(29)11-19(15)27)22-6-4-14(7-20(22)28)16-8-21(30)18(13-33)23(9-16)37(35)36/h3-9,11-12,33-34,37H,10,13H2,1-2H3. The van der Waals surface area contributed by atoms with Gasteiger partial charge < -0.3 is 14.8 Å². The highest BCUT2D eigenvalue weighted by molar-refractivity contribution is 7.72. The lowest BCUT2D eigenvalue weighted by Gasteiger charge is -2.14. The van der Waals surface area contributed by atoms with Crippen LogP contribution >= 0.6 is 23.2 Å². The lowest BCUT2D eigenvalue weighted by atomic mass is 10.0. The summed E-state index contributed by atoms with van der Waals surface area (Å²) in [4.78, 5) is 4.25. The predicted molar refractivity (Wildman–Crippen MR) is 138 cm³/mol. The van der Waals surface area contributed by atoms with Crippen LogP contribution in [0.2, 0.25) is 10.0 Å². The molecule has 0 aliphatic rings. The third-order valence-electron chi connectivity index (χ3n) is 5.84. The van der Waals surface area contributed by atoms with Crippen LogP contribution in [-0.2, 0) is 29.3 Å². The lowest BCUT2D eigenvalue weighted by Crippen LogP contribution is -2.15. The Bertz CT molecular complexity index is 1570. The quantitative estimate of drug-likeness (QED) is 0.260. The Hall–Kier alpha value is -2.82. The fourth-order valence-electron chi connectivity index (χ4n) is 3.87. The Morgan fingerprint density at radius 2 is 1.73 bits per heavy atom. The van der Waals surface area contributed by atoms with Crippen molar-refractivity contribution < 1.29 is 27.4 Å². The molecule has 0 atom stereocenters. The van der Waals surface area contributed by atoms with Crippen LogP contribution in [0.15, 0.2) is 59.6 Å². The average molecular weight is 567 g/mol. The highest BCUT2D eigenvalue weighted by Crippen LogP contribution is 2.33. The van der Waals surface area contributed by atoms with Gasteiger partial charge in [-0.15, -0.1) is 0 Å². The van der Waals surface area contributed by atoms with Crippen LogP contribution in [0.1, 0.15) is 36.5 Å². The van der Waals surface area contributed by atoms with Crippen LogP contribution in [0, 0.1) is 11.6 Å². The zero-order valence-corrected chi connectivity index (χ0v) is 22.1. The minimum Gasteiger partial charge on any atom is -0.392 e. The SMILES string of the molecule is CC(C)(O)c1cn(-c2ccc(-c3cc(F)c(CO)c([SH](=O)=O)c3)cc2Cl)c(Cc2ccc(F)cc2Cl)n1. The van der Waals surface area contributed by atoms with Crippen LogP contribution in [-0.4, -0.2) is 28.2 Å². The van der Waals surface area contributed by atoms with Crippen molar-refractivity contribution in [2.45, 2.75) is 37.4 Å². The topological polar surface area (TPSA) is 92.4 Å². The third kappa shape index (κ3) is 5.71. The van der Waals surface area contributed by atoms with Crippen LogP contribution in [0.25, 0.3) is 16.8 Å². The summed E-state index contributed by atoms with van der Waals surface area (Å²) >= 11 is 12.8. The van der Waals surface area contributed by atoms with E-state index in [1.807, 2.05) is 0 Å². The number of aliphatic hydroxyl groups excluding tert-OH is 1.